The molecule has 226 valence electrons. The van der Waals surface area contributed by atoms with Gasteiger partial charge in [0.2, 0.25) is 0 Å². The average molecular weight is 578 g/mol. The number of hydrogen-bond acceptors (Lipinski definition) is 5. The van der Waals surface area contributed by atoms with Gasteiger partial charge in [-0.2, -0.15) is 0 Å². The van der Waals surface area contributed by atoms with E-state index in [4.69, 9.17) is 0 Å². The topological polar surface area (TPSA) is 33.3 Å². The summed E-state index contributed by atoms with van der Waals surface area (Å²) in [5.41, 5.74) is 5.72. The molecule has 0 radical (unpaired) electrons. The second kappa shape index (κ2) is 11.6. The lowest BCUT2D eigenvalue weighted by atomic mass is 9.93. The molecule has 0 bridgehead atoms. The Kier molecular flexibility index (Phi) is 7.68. The largest absolute Gasteiger partial charge is 0.350 e. The number of carbonyl (C=O) groups is 1. The van der Waals surface area contributed by atoms with Gasteiger partial charge in [-0.1, -0.05) is 54.6 Å². The first-order valence-electron chi connectivity index (χ1n) is 16.5. The van der Waals surface area contributed by atoms with Crippen LogP contribution in [0, 0.1) is 0 Å². The Bertz CT molecular complexity index is 1330. The van der Waals surface area contributed by atoms with Gasteiger partial charge in [0.25, 0.3) is 5.91 Å². The van der Waals surface area contributed by atoms with Crippen molar-refractivity contribution in [1.82, 2.24) is 14.7 Å². The monoisotopic (exact) mass is 577 g/mol. The first-order chi connectivity index (χ1) is 20.9. The fourth-order valence-electron chi connectivity index (χ4n) is 8.65. The molecule has 7 rings (SSSR count). The lowest BCUT2D eigenvalue weighted by Gasteiger charge is -2.39. The third kappa shape index (κ3) is 4.93. The summed E-state index contributed by atoms with van der Waals surface area (Å²) in [6, 6.07) is 29.7. The van der Waals surface area contributed by atoms with Crippen molar-refractivity contribution in [2.75, 3.05) is 36.0 Å². The lowest BCUT2D eigenvalue weighted by Crippen LogP contribution is -2.44. The zero-order valence-electron chi connectivity index (χ0n) is 26.3. The van der Waals surface area contributed by atoms with Crippen LogP contribution in [0.25, 0.3) is 0 Å². The van der Waals surface area contributed by atoms with Crippen LogP contribution in [0.3, 0.4) is 0 Å². The van der Waals surface area contributed by atoms with Crippen LogP contribution >= 0.6 is 0 Å². The minimum absolute atomic E-state index is 0.0379. The summed E-state index contributed by atoms with van der Waals surface area (Å²) in [6.07, 6.45) is 4.94. The van der Waals surface area contributed by atoms with E-state index in [0.717, 1.165) is 42.9 Å². The number of benzene rings is 3. The van der Waals surface area contributed by atoms with Crippen molar-refractivity contribution in [2.45, 2.75) is 89.9 Å². The summed E-state index contributed by atoms with van der Waals surface area (Å²) < 4.78 is 0. The number of rotatable bonds is 7. The number of hydrogen-bond donors (Lipinski definition) is 0. The van der Waals surface area contributed by atoms with Gasteiger partial charge in [0.05, 0.1) is 5.56 Å². The zero-order chi connectivity index (χ0) is 29.7. The van der Waals surface area contributed by atoms with Crippen LogP contribution in [0.1, 0.15) is 87.2 Å². The van der Waals surface area contributed by atoms with E-state index in [9.17, 15) is 0 Å². The van der Waals surface area contributed by atoms with Crippen molar-refractivity contribution in [3.05, 3.63) is 95.6 Å². The van der Waals surface area contributed by atoms with Gasteiger partial charge in [0.1, 0.15) is 12.3 Å². The fourth-order valence-corrected chi connectivity index (χ4v) is 8.65. The maximum Gasteiger partial charge on any atom is 0.255 e. The van der Waals surface area contributed by atoms with E-state index < -0.39 is 0 Å². The highest BCUT2D eigenvalue weighted by Crippen LogP contribution is 2.47. The molecule has 0 N–H and O–H groups in total. The van der Waals surface area contributed by atoms with E-state index in [-0.39, 0.29) is 30.3 Å². The molecule has 0 aromatic heterocycles. The van der Waals surface area contributed by atoms with Crippen LogP contribution in [-0.2, 0) is 0 Å². The van der Waals surface area contributed by atoms with E-state index in [1.165, 1.54) is 37.1 Å². The van der Waals surface area contributed by atoms with Gasteiger partial charge in [0.15, 0.2) is 0 Å². The van der Waals surface area contributed by atoms with E-state index >= 15 is 4.79 Å². The molecule has 0 unspecified atom stereocenters. The quantitative estimate of drug-likeness (QED) is 0.305. The second-order valence-electron chi connectivity index (χ2n) is 13.5. The summed E-state index contributed by atoms with van der Waals surface area (Å²) in [6.45, 7) is 12.8. The number of nitrogens with zero attached hydrogens (tertiary/aromatic N) is 5. The Morgan fingerprint density at radius 3 is 1.51 bits per heavy atom. The molecule has 3 aromatic rings. The molecule has 6 heteroatoms. The minimum Gasteiger partial charge on any atom is -0.350 e. The molecule has 4 atom stereocenters. The first-order valence-corrected chi connectivity index (χ1v) is 16.5. The van der Waals surface area contributed by atoms with Crippen molar-refractivity contribution < 1.29 is 4.79 Å². The minimum atomic E-state index is 0.0379. The van der Waals surface area contributed by atoms with Crippen molar-refractivity contribution >= 4 is 17.3 Å². The van der Waals surface area contributed by atoms with Gasteiger partial charge in [-0.25, -0.2) is 0 Å². The molecule has 6 nitrogen and oxygen atoms in total. The molecule has 4 aliphatic rings. The van der Waals surface area contributed by atoms with Gasteiger partial charge < -0.3 is 14.7 Å². The van der Waals surface area contributed by atoms with Gasteiger partial charge in [-0.15, -0.1) is 0 Å². The van der Waals surface area contributed by atoms with Crippen molar-refractivity contribution in [3.8, 4) is 0 Å². The average Bonchev–Trinajstić information content (AvgIpc) is 3.78. The molecule has 3 aromatic carbocycles. The molecule has 0 spiro atoms. The third-order valence-electron chi connectivity index (χ3n) is 10.3. The summed E-state index contributed by atoms with van der Waals surface area (Å²) in [7, 11) is 0. The predicted octanol–water partition coefficient (Wildman–Crippen LogP) is 6.91. The zero-order valence-corrected chi connectivity index (χ0v) is 26.3. The van der Waals surface area contributed by atoms with Crippen molar-refractivity contribution in [3.63, 3.8) is 0 Å². The Morgan fingerprint density at radius 1 is 0.651 bits per heavy atom. The molecule has 4 heterocycles. The molecule has 4 aliphatic heterocycles. The molecule has 4 fully saturated rings. The Balaban J connectivity index is 1.43. The molecule has 4 saturated heterocycles. The van der Waals surface area contributed by atoms with Crippen LogP contribution in [0.4, 0.5) is 11.4 Å². The van der Waals surface area contributed by atoms with Crippen LogP contribution in [0.15, 0.2) is 78.9 Å². The molecule has 0 aliphatic carbocycles. The SMILES string of the molecule is CC(C)N(C(=O)c1c([C@@H]2N(c3ccccc3)C[C@H]3CCCN32)cccc1[C@H]1N(c2ccccc2)C[C@@H]2CCCN21)C(C)C. The molecule has 0 saturated carbocycles. The van der Waals surface area contributed by atoms with E-state index in [1.807, 2.05) is 0 Å². The normalized spacial score (nSPS) is 25.6. The Labute approximate surface area is 257 Å². The fraction of sp³-hybridized carbons (Fsp3) is 0.486. The lowest BCUT2D eigenvalue weighted by molar-refractivity contribution is 0.0636. The number of para-hydroxylation sites is 2. The van der Waals surface area contributed by atoms with Gasteiger partial charge in [0, 0.05) is 72.8 Å². The summed E-state index contributed by atoms with van der Waals surface area (Å²) in [5, 5.41) is 0. The van der Waals surface area contributed by atoms with Crippen molar-refractivity contribution in [2.24, 2.45) is 0 Å². The van der Waals surface area contributed by atoms with E-state index in [0.29, 0.717) is 12.1 Å². The smallest absolute Gasteiger partial charge is 0.255 e. The molecule has 1 amide bonds. The Hall–Kier alpha value is -3.35. The molecular formula is C37H47N5O. The molecule has 43 heavy (non-hydrogen) atoms. The number of fused-ring (bicyclic) bond motifs is 2. The number of amides is 1. The van der Waals surface area contributed by atoms with Crippen LogP contribution in [-0.4, -0.2) is 71.0 Å². The van der Waals surface area contributed by atoms with E-state index in [2.05, 4.69) is 131 Å². The van der Waals surface area contributed by atoms with E-state index in [1.54, 1.807) is 0 Å². The number of carbonyl (C=O) groups excluding carboxylic acids is 1. The number of anilines is 2. The summed E-state index contributed by atoms with van der Waals surface area (Å²) in [4.78, 5) is 27.7. The van der Waals surface area contributed by atoms with Gasteiger partial charge >= 0.3 is 0 Å². The Morgan fingerprint density at radius 2 is 1.09 bits per heavy atom. The first kappa shape index (κ1) is 28.4. The standard InChI is InChI=1S/C37H47N5O/c1-26(2)42(27(3)4)37(43)34-32(35-38-22-12-18-30(38)24-40(35)28-14-7-5-8-15-28)20-11-21-33(34)36-39-23-13-19-31(39)25-41(36)29-16-9-6-10-17-29/h5-11,14-17,20-21,26-27,30-31,35-36H,12-13,18-19,22-25H2,1-4H3/t30-,31+,35+,36-. The third-order valence-corrected chi connectivity index (χ3v) is 10.3. The highest BCUT2D eigenvalue weighted by atomic mass is 16.2. The summed E-state index contributed by atoms with van der Waals surface area (Å²) in [5.74, 6) is 0.168. The maximum atomic E-state index is 15.1. The second-order valence-corrected chi connectivity index (χ2v) is 13.5. The van der Waals surface area contributed by atoms with Gasteiger partial charge in [-0.05, 0) is 77.6 Å². The van der Waals surface area contributed by atoms with Crippen LogP contribution in [0.5, 0.6) is 0 Å². The van der Waals surface area contributed by atoms with Gasteiger partial charge in [-0.3, -0.25) is 14.6 Å². The molecular weight excluding hydrogens is 530 g/mol. The summed E-state index contributed by atoms with van der Waals surface area (Å²) >= 11 is 0. The highest BCUT2D eigenvalue weighted by Gasteiger charge is 2.48. The maximum absolute atomic E-state index is 15.1. The van der Waals surface area contributed by atoms with Crippen LogP contribution < -0.4 is 9.80 Å². The van der Waals surface area contributed by atoms with Crippen LogP contribution in [0.2, 0.25) is 0 Å². The predicted molar refractivity (Wildman–Crippen MR) is 175 cm³/mol. The van der Waals surface area contributed by atoms with Crippen molar-refractivity contribution in [1.29, 1.82) is 0 Å². The highest BCUT2D eigenvalue weighted by molar-refractivity contribution is 5.98.